The van der Waals surface area contributed by atoms with Crippen molar-refractivity contribution in [1.82, 2.24) is 4.98 Å². The fourth-order valence-electron chi connectivity index (χ4n) is 1.62. The number of para-hydroxylation sites is 1. The van der Waals surface area contributed by atoms with Crippen LogP contribution in [0.3, 0.4) is 0 Å². The molecule has 86 valence electrons. The third-order valence-corrected chi connectivity index (χ3v) is 2.44. The van der Waals surface area contributed by atoms with Gasteiger partial charge in [0.05, 0.1) is 17.1 Å². The average molecular weight is 226 g/mol. The second kappa shape index (κ2) is 4.81. The molecule has 3 N–H and O–H groups in total. The Morgan fingerprint density at radius 2 is 2.24 bits per heavy atom. The van der Waals surface area contributed by atoms with Gasteiger partial charge in [0, 0.05) is 18.0 Å². The number of fused-ring (bicyclic) bond motifs is 1. The molecule has 0 saturated carbocycles. The van der Waals surface area contributed by atoms with Gasteiger partial charge in [-0.1, -0.05) is 18.2 Å². The van der Waals surface area contributed by atoms with Gasteiger partial charge in [-0.2, -0.15) is 5.26 Å². The Morgan fingerprint density at radius 1 is 1.47 bits per heavy atom. The number of anilines is 1. The summed E-state index contributed by atoms with van der Waals surface area (Å²) in [5.41, 5.74) is 7.11. The fourth-order valence-corrected chi connectivity index (χ4v) is 1.62. The summed E-state index contributed by atoms with van der Waals surface area (Å²) in [6.45, 7) is 2.55. The summed E-state index contributed by atoms with van der Waals surface area (Å²) in [7, 11) is 0. The molecule has 2 aromatic rings. The van der Waals surface area contributed by atoms with Gasteiger partial charge in [-0.3, -0.25) is 0 Å². The van der Waals surface area contributed by atoms with E-state index in [4.69, 9.17) is 11.0 Å². The van der Waals surface area contributed by atoms with E-state index in [1.54, 1.807) is 6.07 Å². The van der Waals surface area contributed by atoms with Gasteiger partial charge in [0.25, 0.3) is 0 Å². The number of nitrogens with two attached hydrogens (primary N) is 1. The Labute approximate surface area is 100 Å². The van der Waals surface area contributed by atoms with Gasteiger partial charge in [0.1, 0.15) is 5.82 Å². The molecule has 1 aromatic heterocycles. The maximum atomic E-state index is 9.11. The van der Waals surface area contributed by atoms with E-state index in [0.717, 1.165) is 10.9 Å². The Kier molecular flexibility index (Phi) is 3.22. The van der Waals surface area contributed by atoms with Crippen molar-refractivity contribution in [3.05, 3.63) is 35.9 Å². The number of nitrogens with one attached hydrogen (secondary N) is 1. The molecular formula is C13H14N4. The van der Waals surface area contributed by atoms with Crippen LogP contribution in [-0.2, 0) is 0 Å². The van der Waals surface area contributed by atoms with E-state index in [9.17, 15) is 0 Å². The highest BCUT2D eigenvalue weighted by Crippen LogP contribution is 2.19. The maximum absolute atomic E-state index is 9.11. The van der Waals surface area contributed by atoms with Crippen LogP contribution in [0.25, 0.3) is 10.9 Å². The Morgan fingerprint density at radius 3 is 2.94 bits per heavy atom. The van der Waals surface area contributed by atoms with Gasteiger partial charge in [-0.05, 0) is 19.1 Å². The number of nitrogens with zero attached hydrogens (tertiary/aromatic N) is 2. The van der Waals surface area contributed by atoms with Crippen LogP contribution in [0.4, 0.5) is 5.82 Å². The van der Waals surface area contributed by atoms with Crippen LogP contribution in [0.15, 0.2) is 30.3 Å². The van der Waals surface area contributed by atoms with Gasteiger partial charge < -0.3 is 11.1 Å². The van der Waals surface area contributed by atoms with E-state index in [-0.39, 0.29) is 6.04 Å². The van der Waals surface area contributed by atoms with Crippen LogP contribution < -0.4 is 11.1 Å². The largest absolute Gasteiger partial charge is 0.368 e. The lowest BCUT2D eigenvalue weighted by molar-refractivity contribution is 0.778. The molecule has 0 aliphatic rings. The van der Waals surface area contributed by atoms with Gasteiger partial charge in [0.15, 0.2) is 0 Å². The molecule has 0 amide bonds. The summed E-state index contributed by atoms with van der Waals surface area (Å²) >= 11 is 0. The molecule has 0 aliphatic carbocycles. The first kappa shape index (κ1) is 11.4. The Hall–Kier alpha value is -2.12. The van der Waals surface area contributed by atoms with E-state index >= 15 is 0 Å². The minimum atomic E-state index is 0.0498. The number of aromatic nitrogens is 1. The number of nitriles is 1. The maximum Gasteiger partial charge on any atom is 0.128 e. The molecule has 1 unspecified atom stereocenters. The van der Waals surface area contributed by atoms with Crippen molar-refractivity contribution in [2.45, 2.75) is 13.0 Å². The highest BCUT2D eigenvalue weighted by Gasteiger charge is 2.05. The molecule has 2 rings (SSSR count). The smallest absolute Gasteiger partial charge is 0.128 e. The average Bonchev–Trinajstić information content (AvgIpc) is 2.35. The summed E-state index contributed by atoms with van der Waals surface area (Å²) in [6.07, 6.45) is 0. The minimum Gasteiger partial charge on any atom is -0.368 e. The van der Waals surface area contributed by atoms with Crippen molar-refractivity contribution in [3.63, 3.8) is 0 Å². The zero-order chi connectivity index (χ0) is 12.3. The molecule has 0 fully saturated rings. The van der Waals surface area contributed by atoms with Gasteiger partial charge >= 0.3 is 0 Å². The van der Waals surface area contributed by atoms with Crippen molar-refractivity contribution < 1.29 is 0 Å². The quantitative estimate of drug-likeness (QED) is 0.837. The van der Waals surface area contributed by atoms with Crippen molar-refractivity contribution in [1.29, 1.82) is 5.26 Å². The third-order valence-electron chi connectivity index (χ3n) is 2.44. The van der Waals surface area contributed by atoms with E-state index in [2.05, 4.69) is 16.4 Å². The fraction of sp³-hybridized carbons (Fsp3) is 0.231. The van der Waals surface area contributed by atoms with E-state index in [0.29, 0.717) is 17.9 Å². The monoisotopic (exact) mass is 226 g/mol. The lowest BCUT2D eigenvalue weighted by Gasteiger charge is -2.09. The molecular weight excluding hydrogens is 212 g/mol. The second-order valence-electron chi connectivity index (χ2n) is 4.04. The van der Waals surface area contributed by atoms with Crippen molar-refractivity contribution in [2.75, 3.05) is 11.9 Å². The molecule has 17 heavy (non-hydrogen) atoms. The molecule has 1 atom stereocenters. The Bertz CT molecular complexity index is 569. The number of hydrogen-bond donors (Lipinski definition) is 2. The van der Waals surface area contributed by atoms with Crippen LogP contribution in [0.1, 0.15) is 12.5 Å². The van der Waals surface area contributed by atoms with Gasteiger partial charge in [0.2, 0.25) is 0 Å². The normalized spacial score (nSPS) is 12.1. The molecule has 4 nitrogen and oxygen atoms in total. The molecule has 0 saturated heterocycles. The number of rotatable bonds is 3. The van der Waals surface area contributed by atoms with Crippen LogP contribution in [0, 0.1) is 11.3 Å². The van der Waals surface area contributed by atoms with E-state index in [1.807, 2.05) is 31.2 Å². The van der Waals surface area contributed by atoms with Crippen LogP contribution >= 0.6 is 0 Å². The highest BCUT2D eigenvalue weighted by molar-refractivity contribution is 5.86. The molecule has 0 bridgehead atoms. The van der Waals surface area contributed by atoms with Crippen molar-refractivity contribution >= 4 is 16.7 Å². The standard InChI is InChI=1S/C13H14N4/c1-9(15)8-16-13-6-10(7-14)11-4-2-3-5-12(11)17-13/h2-6,9H,8,15H2,1H3,(H,16,17). The summed E-state index contributed by atoms with van der Waals surface area (Å²) in [6, 6.07) is 11.6. The Balaban J connectivity index is 2.43. The zero-order valence-electron chi connectivity index (χ0n) is 9.64. The number of pyridine rings is 1. The molecule has 1 heterocycles. The van der Waals surface area contributed by atoms with Crippen molar-refractivity contribution in [3.8, 4) is 6.07 Å². The van der Waals surface area contributed by atoms with Gasteiger partial charge in [-0.15, -0.1) is 0 Å². The third kappa shape index (κ3) is 2.52. The SMILES string of the molecule is CC(N)CNc1cc(C#N)c2ccccc2n1. The molecule has 1 aromatic carbocycles. The lowest BCUT2D eigenvalue weighted by atomic mass is 10.1. The number of benzene rings is 1. The zero-order valence-corrected chi connectivity index (χ0v) is 9.64. The number of hydrogen-bond acceptors (Lipinski definition) is 4. The van der Waals surface area contributed by atoms with Crippen LogP contribution in [-0.4, -0.2) is 17.6 Å². The molecule has 0 radical (unpaired) electrons. The van der Waals surface area contributed by atoms with E-state index < -0.39 is 0 Å². The van der Waals surface area contributed by atoms with Crippen molar-refractivity contribution in [2.24, 2.45) is 5.73 Å². The van der Waals surface area contributed by atoms with Gasteiger partial charge in [-0.25, -0.2) is 4.98 Å². The first-order chi connectivity index (χ1) is 8.20. The second-order valence-corrected chi connectivity index (χ2v) is 4.04. The lowest BCUT2D eigenvalue weighted by Crippen LogP contribution is -2.25. The van der Waals surface area contributed by atoms with Crippen LogP contribution in [0.2, 0.25) is 0 Å². The molecule has 0 spiro atoms. The molecule has 4 heteroatoms. The molecule has 0 aliphatic heterocycles. The minimum absolute atomic E-state index is 0.0498. The summed E-state index contributed by atoms with van der Waals surface area (Å²) in [4.78, 5) is 4.44. The van der Waals surface area contributed by atoms with E-state index in [1.165, 1.54) is 0 Å². The van der Waals surface area contributed by atoms with Crippen LogP contribution in [0.5, 0.6) is 0 Å². The first-order valence-corrected chi connectivity index (χ1v) is 5.50. The first-order valence-electron chi connectivity index (χ1n) is 5.50. The predicted molar refractivity (Wildman–Crippen MR) is 68.6 cm³/mol. The summed E-state index contributed by atoms with van der Waals surface area (Å²) in [5.74, 6) is 0.692. The highest BCUT2D eigenvalue weighted by atomic mass is 15.0. The summed E-state index contributed by atoms with van der Waals surface area (Å²) in [5, 5.41) is 13.1. The topological polar surface area (TPSA) is 74.7 Å². The summed E-state index contributed by atoms with van der Waals surface area (Å²) < 4.78 is 0. The predicted octanol–water partition coefficient (Wildman–Crippen LogP) is 1.87.